The lowest BCUT2D eigenvalue weighted by molar-refractivity contribution is -0.384. The van der Waals surface area contributed by atoms with Crippen LogP contribution in [0.25, 0.3) is 0 Å². The highest BCUT2D eigenvalue weighted by atomic mass is 16.6. The number of fused-ring (bicyclic) bond motifs is 1. The molecule has 1 aromatic heterocycles. The second-order valence-corrected chi connectivity index (χ2v) is 9.33. The van der Waals surface area contributed by atoms with E-state index in [9.17, 15) is 14.9 Å². The molecule has 1 fully saturated rings. The average Bonchev–Trinajstić information content (AvgIpc) is 2.84. The van der Waals surface area contributed by atoms with Crippen molar-refractivity contribution in [2.45, 2.75) is 63.5 Å². The Bertz CT molecular complexity index is 1080. The highest BCUT2D eigenvalue weighted by Gasteiger charge is 2.25. The van der Waals surface area contributed by atoms with Gasteiger partial charge in [0, 0.05) is 37.8 Å². The molecule has 1 saturated carbocycles. The maximum atomic E-state index is 12.5. The van der Waals surface area contributed by atoms with E-state index in [2.05, 4.69) is 20.9 Å². The van der Waals surface area contributed by atoms with Crippen LogP contribution in [0.4, 0.5) is 27.9 Å². The van der Waals surface area contributed by atoms with Gasteiger partial charge in [0.15, 0.2) is 0 Å². The molecule has 0 radical (unpaired) electrons. The molecule has 0 atom stereocenters. The largest absolute Gasteiger partial charge is 0.494 e. The first kappa shape index (κ1) is 24.5. The van der Waals surface area contributed by atoms with Gasteiger partial charge in [-0.05, 0) is 57.4 Å². The number of anilines is 3. The third-order valence-corrected chi connectivity index (χ3v) is 6.62. The fraction of sp³-hybridized carbons (Fsp3) is 0.542. The first-order valence-corrected chi connectivity index (χ1v) is 12.1. The van der Waals surface area contributed by atoms with Crippen LogP contribution in [0.3, 0.4) is 0 Å². The van der Waals surface area contributed by atoms with Gasteiger partial charge >= 0.3 is 6.03 Å². The molecule has 2 aromatic rings. The van der Waals surface area contributed by atoms with Crippen molar-refractivity contribution in [2.75, 3.05) is 36.7 Å². The molecular weight excluding hydrogens is 450 g/mol. The van der Waals surface area contributed by atoms with Crippen LogP contribution < -0.4 is 25.6 Å². The van der Waals surface area contributed by atoms with Gasteiger partial charge in [-0.15, -0.1) is 0 Å². The van der Waals surface area contributed by atoms with Crippen molar-refractivity contribution in [3.05, 3.63) is 39.6 Å². The molecule has 0 unspecified atom stereocenters. The molecule has 11 nitrogen and oxygen atoms in total. The molecule has 3 N–H and O–H groups in total. The van der Waals surface area contributed by atoms with Gasteiger partial charge in [0.1, 0.15) is 11.6 Å². The summed E-state index contributed by atoms with van der Waals surface area (Å²) in [6.45, 7) is 0. The van der Waals surface area contributed by atoms with Gasteiger partial charge in [-0.25, -0.2) is 9.78 Å². The number of aromatic nitrogens is 2. The molecule has 1 heterocycles. The SMILES string of the molecule is COc1cc([N+](=O)[O-])ccc1NC(=O)NC1CCC(Nc2nc3c(c(N(C)C)n2)CCCC3)CC1. The number of nitrogens with one attached hydrogen (secondary N) is 3. The number of nitro benzene ring substituents is 1. The molecule has 35 heavy (non-hydrogen) atoms. The van der Waals surface area contributed by atoms with Crippen molar-refractivity contribution in [1.82, 2.24) is 15.3 Å². The zero-order chi connectivity index (χ0) is 24.9. The third-order valence-electron chi connectivity index (χ3n) is 6.62. The summed E-state index contributed by atoms with van der Waals surface area (Å²) in [5.41, 5.74) is 2.72. The number of nitro groups is 1. The van der Waals surface area contributed by atoms with E-state index in [-0.39, 0.29) is 29.6 Å². The van der Waals surface area contributed by atoms with E-state index in [1.165, 1.54) is 43.7 Å². The lowest BCUT2D eigenvalue weighted by Crippen LogP contribution is -2.42. The molecule has 0 spiro atoms. The summed E-state index contributed by atoms with van der Waals surface area (Å²) in [6.07, 6.45) is 7.83. The van der Waals surface area contributed by atoms with Gasteiger partial charge in [0.05, 0.1) is 29.5 Å². The maximum absolute atomic E-state index is 12.5. The Hall–Kier alpha value is -3.63. The highest BCUT2D eigenvalue weighted by molar-refractivity contribution is 5.91. The number of methoxy groups -OCH3 is 1. The topological polar surface area (TPSA) is 135 Å². The van der Waals surface area contributed by atoms with Crippen molar-refractivity contribution in [3.63, 3.8) is 0 Å². The number of rotatable bonds is 7. The predicted molar refractivity (Wildman–Crippen MR) is 134 cm³/mol. The zero-order valence-corrected chi connectivity index (χ0v) is 20.5. The molecule has 2 aliphatic rings. The number of aryl methyl sites for hydroxylation is 1. The minimum atomic E-state index is -0.505. The van der Waals surface area contributed by atoms with E-state index in [0.717, 1.165) is 50.0 Å². The molecule has 2 amide bonds. The summed E-state index contributed by atoms with van der Waals surface area (Å²) in [5, 5.41) is 20.2. The average molecular weight is 484 g/mol. The van der Waals surface area contributed by atoms with Gasteiger partial charge in [-0.2, -0.15) is 4.98 Å². The minimum Gasteiger partial charge on any atom is -0.494 e. The van der Waals surface area contributed by atoms with Crippen LogP contribution in [-0.4, -0.2) is 54.2 Å². The number of benzene rings is 1. The number of hydrogen-bond acceptors (Lipinski definition) is 8. The quantitative estimate of drug-likeness (QED) is 0.399. The number of urea groups is 1. The van der Waals surface area contributed by atoms with E-state index in [1.54, 1.807) is 0 Å². The van der Waals surface area contributed by atoms with Crippen LogP contribution in [0.15, 0.2) is 18.2 Å². The Kier molecular flexibility index (Phi) is 7.52. The Morgan fingerprint density at radius 1 is 1.11 bits per heavy atom. The highest BCUT2D eigenvalue weighted by Crippen LogP contribution is 2.30. The van der Waals surface area contributed by atoms with Crippen LogP contribution in [0.5, 0.6) is 5.75 Å². The van der Waals surface area contributed by atoms with Gasteiger partial charge in [-0.3, -0.25) is 10.1 Å². The van der Waals surface area contributed by atoms with Gasteiger partial charge in [0.25, 0.3) is 5.69 Å². The molecule has 4 rings (SSSR count). The second-order valence-electron chi connectivity index (χ2n) is 9.33. The number of ether oxygens (including phenoxy) is 1. The van der Waals surface area contributed by atoms with Crippen LogP contribution in [-0.2, 0) is 12.8 Å². The summed E-state index contributed by atoms with van der Waals surface area (Å²) in [7, 11) is 5.45. The molecule has 1 aromatic carbocycles. The molecule has 11 heteroatoms. The first-order valence-electron chi connectivity index (χ1n) is 12.1. The minimum absolute atomic E-state index is 0.0406. The van der Waals surface area contributed by atoms with E-state index < -0.39 is 4.92 Å². The fourth-order valence-electron chi connectivity index (χ4n) is 4.81. The van der Waals surface area contributed by atoms with Crippen molar-refractivity contribution in [2.24, 2.45) is 0 Å². The number of hydrogen-bond donors (Lipinski definition) is 3. The lowest BCUT2D eigenvalue weighted by Gasteiger charge is -2.30. The third kappa shape index (κ3) is 5.90. The van der Waals surface area contributed by atoms with E-state index in [1.807, 2.05) is 14.1 Å². The predicted octanol–water partition coefficient (Wildman–Crippen LogP) is 3.88. The summed E-state index contributed by atoms with van der Waals surface area (Å²) < 4.78 is 5.19. The van der Waals surface area contributed by atoms with Crippen LogP contribution in [0, 0.1) is 10.1 Å². The lowest BCUT2D eigenvalue weighted by atomic mass is 9.91. The molecule has 0 saturated heterocycles. The number of carbonyl (C=O) groups is 1. The molecule has 0 aliphatic heterocycles. The van der Waals surface area contributed by atoms with Crippen molar-refractivity contribution in [1.29, 1.82) is 0 Å². The maximum Gasteiger partial charge on any atom is 0.319 e. The van der Waals surface area contributed by atoms with Gasteiger partial charge in [0.2, 0.25) is 5.95 Å². The molecule has 0 bridgehead atoms. The molecule has 188 valence electrons. The smallest absolute Gasteiger partial charge is 0.319 e. The number of non-ortho nitro benzene ring substituents is 1. The second kappa shape index (κ2) is 10.7. The number of carbonyl (C=O) groups excluding carboxylic acids is 1. The Labute approximate surface area is 204 Å². The summed E-state index contributed by atoms with van der Waals surface area (Å²) >= 11 is 0. The molecule has 2 aliphatic carbocycles. The molecular formula is C24H33N7O4. The Morgan fingerprint density at radius 3 is 2.51 bits per heavy atom. The van der Waals surface area contributed by atoms with E-state index >= 15 is 0 Å². The summed E-state index contributed by atoms with van der Waals surface area (Å²) in [4.78, 5) is 34.7. The van der Waals surface area contributed by atoms with Crippen LogP contribution in [0.1, 0.15) is 49.8 Å². The van der Waals surface area contributed by atoms with E-state index in [0.29, 0.717) is 11.6 Å². The number of nitrogens with zero attached hydrogens (tertiary/aromatic N) is 4. The monoisotopic (exact) mass is 483 g/mol. The number of amides is 2. The van der Waals surface area contributed by atoms with Crippen molar-refractivity contribution < 1.29 is 14.5 Å². The first-order chi connectivity index (χ1) is 16.8. The Balaban J connectivity index is 1.31. The van der Waals surface area contributed by atoms with Crippen molar-refractivity contribution >= 4 is 29.2 Å². The standard InChI is InChI=1S/C24H33N7O4/c1-30(2)22-18-6-4-5-7-19(18)27-23(29-22)25-15-8-10-16(11-9-15)26-24(32)28-20-13-12-17(31(33)34)14-21(20)35-3/h12-16H,4-11H2,1-3H3,(H,25,27,29)(H2,26,28,32). The normalized spacial score (nSPS) is 19.3. The zero-order valence-electron chi connectivity index (χ0n) is 20.5. The van der Waals surface area contributed by atoms with Crippen LogP contribution >= 0.6 is 0 Å². The fourth-order valence-corrected chi connectivity index (χ4v) is 4.81. The Morgan fingerprint density at radius 2 is 1.83 bits per heavy atom. The van der Waals surface area contributed by atoms with Gasteiger partial charge in [-0.1, -0.05) is 0 Å². The van der Waals surface area contributed by atoms with Crippen LogP contribution in [0.2, 0.25) is 0 Å². The van der Waals surface area contributed by atoms with Gasteiger partial charge < -0.3 is 25.6 Å². The summed E-state index contributed by atoms with van der Waals surface area (Å²) in [5.74, 6) is 1.93. The van der Waals surface area contributed by atoms with E-state index in [4.69, 9.17) is 14.7 Å². The summed E-state index contributed by atoms with van der Waals surface area (Å²) in [6, 6.07) is 4.03. The van der Waals surface area contributed by atoms with Crippen molar-refractivity contribution in [3.8, 4) is 5.75 Å².